The Labute approximate surface area is 184 Å². The first-order valence-electron chi connectivity index (χ1n) is 10.9. The van der Waals surface area contributed by atoms with Gasteiger partial charge in [0.2, 0.25) is 5.91 Å². The summed E-state index contributed by atoms with van der Waals surface area (Å²) in [6.45, 7) is 1.65. The van der Waals surface area contributed by atoms with Crippen LogP contribution in [0, 0.1) is 5.92 Å². The molecule has 168 valence electrons. The second kappa shape index (κ2) is 7.92. The molecule has 1 aliphatic heterocycles. The van der Waals surface area contributed by atoms with Gasteiger partial charge in [0, 0.05) is 58.3 Å². The number of likely N-dealkylation sites (tertiary alicyclic amines) is 1. The number of nitrogens with zero attached hydrogens (tertiary/aromatic N) is 6. The van der Waals surface area contributed by atoms with Crippen LogP contribution in [0.5, 0.6) is 6.01 Å². The predicted octanol–water partition coefficient (Wildman–Crippen LogP) is 0.657. The van der Waals surface area contributed by atoms with Crippen molar-refractivity contribution in [2.45, 2.75) is 38.3 Å². The van der Waals surface area contributed by atoms with Crippen LogP contribution in [0.15, 0.2) is 34.1 Å². The zero-order valence-corrected chi connectivity index (χ0v) is 18.2. The maximum atomic E-state index is 13.0. The van der Waals surface area contributed by atoms with E-state index < -0.39 is 11.2 Å². The number of fused-ring (bicyclic) bond motifs is 1. The molecule has 0 aromatic carbocycles. The molecule has 0 spiro atoms. The number of pyridine rings is 1. The minimum absolute atomic E-state index is 0.122. The first kappa shape index (κ1) is 20.5. The van der Waals surface area contributed by atoms with E-state index in [-0.39, 0.29) is 17.9 Å². The van der Waals surface area contributed by atoms with Crippen LogP contribution in [0.2, 0.25) is 0 Å². The fourth-order valence-corrected chi connectivity index (χ4v) is 4.27. The SMILES string of the molecule is Cn1c(=O)c2c(nc(OC3CCN(C(=O)C4CC4)CC3)n2Cc2cccnc2)n(C)c1=O. The molecule has 2 aliphatic rings. The van der Waals surface area contributed by atoms with E-state index >= 15 is 0 Å². The first-order chi connectivity index (χ1) is 15.4. The maximum Gasteiger partial charge on any atom is 0.332 e. The second-order valence-corrected chi connectivity index (χ2v) is 8.64. The lowest BCUT2D eigenvalue weighted by molar-refractivity contribution is -0.134. The lowest BCUT2D eigenvalue weighted by atomic mass is 10.1. The largest absolute Gasteiger partial charge is 0.461 e. The number of hydrogen-bond donors (Lipinski definition) is 0. The van der Waals surface area contributed by atoms with Crippen molar-refractivity contribution in [2.24, 2.45) is 20.0 Å². The Kier molecular flexibility index (Phi) is 5.07. The summed E-state index contributed by atoms with van der Waals surface area (Å²) < 4.78 is 10.4. The van der Waals surface area contributed by atoms with Crippen LogP contribution in [-0.2, 0) is 25.4 Å². The summed E-state index contributed by atoms with van der Waals surface area (Å²) in [6, 6.07) is 4.04. The third-order valence-electron chi connectivity index (χ3n) is 6.33. The van der Waals surface area contributed by atoms with Gasteiger partial charge in [0.15, 0.2) is 11.2 Å². The summed E-state index contributed by atoms with van der Waals surface area (Å²) in [6.07, 6.45) is 6.69. The third kappa shape index (κ3) is 3.59. The van der Waals surface area contributed by atoms with E-state index in [1.807, 2.05) is 17.0 Å². The molecule has 10 heteroatoms. The van der Waals surface area contributed by atoms with Crippen molar-refractivity contribution < 1.29 is 9.53 Å². The smallest absolute Gasteiger partial charge is 0.332 e. The summed E-state index contributed by atoms with van der Waals surface area (Å²) in [4.78, 5) is 48.4. The molecule has 0 atom stereocenters. The number of piperidine rings is 1. The van der Waals surface area contributed by atoms with Crippen molar-refractivity contribution in [3.63, 3.8) is 0 Å². The van der Waals surface area contributed by atoms with Crippen LogP contribution < -0.4 is 16.0 Å². The Morgan fingerprint density at radius 2 is 1.88 bits per heavy atom. The first-order valence-corrected chi connectivity index (χ1v) is 10.9. The molecule has 0 radical (unpaired) electrons. The number of ether oxygens (including phenoxy) is 1. The molecule has 0 bridgehead atoms. The van der Waals surface area contributed by atoms with Crippen molar-refractivity contribution in [1.29, 1.82) is 0 Å². The maximum absolute atomic E-state index is 13.0. The van der Waals surface area contributed by atoms with Gasteiger partial charge < -0.3 is 9.64 Å². The summed E-state index contributed by atoms with van der Waals surface area (Å²) in [5.74, 6) is 0.472. The monoisotopic (exact) mass is 438 g/mol. The summed E-state index contributed by atoms with van der Waals surface area (Å²) in [7, 11) is 3.05. The minimum atomic E-state index is -0.438. The molecule has 2 fully saturated rings. The van der Waals surface area contributed by atoms with Gasteiger partial charge in [0.1, 0.15) is 6.10 Å². The van der Waals surface area contributed by atoms with Crippen LogP contribution in [0.1, 0.15) is 31.2 Å². The summed E-state index contributed by atoms with van der Waals surface area (Å²) in [5, 5.41) is 0. The zero-order valence-electron chi connectivity index (χ0n) is 18.2. The normalized spacial score (nSPS) is 17.1. The van der Waals surface area contributed by atoms with E-state index in [1.165, 1.54) is 11.6 Å². The highest BCUT2D eigenvalue weighted by molar-refractivity contribution is 5.81. The molecule has 0 unspecified atom stereocenters. The molecule has 1 aliphatic carbocycles. The Balaban J connectivity index is 1.48. The van der Waals surface area contributed by atoms with Crippen LogP contribution >= 0.6 is 0 Å². The second-order valence-electron chi connectivity index (χ2n) is 8.64. The number of amides is 1. The highest BCUT2D eigenvalue weighted by atomic mass is 16.5. The molecule has 4 heterocycles. The Hall–Kier alpha value is -3.43. The number of imidazole rings is 1. The lowest BCUT2D eigenvalue weighted by Gasteiger charge is -2.32. The molecule has 32 heavy (non-hydrogen) atoms. The van der Waals surface area contributed by atoms with E-state index in [9.17, 15) is 14.4 Å². The summed E-state index contributed by atoms with van der Waals surface area (Å²) >= 11 is 0. The van der Waals surface area contributed by atoms with Gasteiger partial charge in [-0.2, -0.15) is 4.98 Å². The Bertz CT molecular complexity index is 1280. The van der Waals surface area contributed by atoms with Crippen LogP contribution in [-0.4, -0.2) is 53.7 Å². The van der Waals surface area contributed by atoms with Gasteiger partial charge in [-0.05, 0) is 24.5 Å². The average Bonchev–Trinajstić information content (AvgIpc) is 3.61. The van der Waals surface area contributed by atoms with Gasteiger partial charge in [-0.25, -0.2) is 4.79 Å². The van der Waals surface area contributed by atoms with Crippen molar-refractivity contribution >= 4 is 17.1 Å². The standard InChI is InChI=1S/C22H26N6O4/c1-25-18-17(20(30)26(2)22(25)31)28(13-14-4-3-9-23-12-14)21(24-18)32-16-7-10-27(11-8-16)19(29)15-5-6-15/h3-4,9,12,15-16H,5-8,10-11,13H2,1-2H3. The van der Waals surface area contributed by atoms with Gasteiger partial charge in [-0.3, -0.25) is 28.3 Å². The Morgan fingerprint density at radius 1 is 1.12 bits per heavy atom. The van der Waals surface area contributed by atoms with E-state index in [0.717, 1.165) is 23.0 Å². The molecule has 1 amide bonds. The van der Waals surface area contributed by atoms with Gasteiger partial charge in [0.05, 0.1) is 6.54 Å². The van der Waals surface area contributed by atoms with E-state index in [0.29, 0.717) is 49.7 Å². The molecule has 3 aromatic rings. The topological polar surface area (TPSA) is 104 Å². The van der Waals surface area contributed by atoms with Crippen molar-refractivity contribution in [3.8, 4) is 6.01 Å². The fourth-order valence-electron chi connectivity index (χ4n) is 4.27. The van der Waals surface area contributed by atoms with Gasteiger partial charge in [0.25, 0.3) is 11.6 Å². The van der Waals surface area contributed by atoms with Crippen LogP contribution in [0.3, 0.4) is 0 Å². The number of carbonyl (C=O) groups excluding carboxylic acids is 1. The number of carbonyl (C=O) groups is 1. The summed E-state index contributed by atoms with van der Waals surface area (Å²) in [5.41, 5.74) is 0.636. The van der Waals surface area contributed by atoms with Crippen LogP contribution in [0.25, 0.3) is 11.2 Å². The van der Waals surface area contributed by atoms with Crippen molar-refractivity contribution in [2.75, 3.05) is 13.1 Å². The zero-order chi connectivity index (χ0) is 22.4. The van der Waals surface area contributed by atoms with Crippen LogP contribution in [0.4, 0.5) is 0 Å². The number of rotatable bonds is 5. The van der Waals surface area contributed by atoms with E-state index in [1.54, 1.807) is 24.0 Å². The predicted molar refractivity (Wildman–Crippen MR) is 117 cm³/mol. The van der Waals surface area contributed by atoms with Crippen molar-refractivity contribution in [3.05, 3.63) is 50.9 Å². The van der Waals surface area contributed by atoms with E-state index in [2.05, 4.69) is 9.97 Å². The van der Waals surface area contributed by atoms with Crippen molar-refractivity contribution in [1.82, 2.24) is 28.6 Å². The number of aromatic nitrogens is 5. The van der Waals surface area contributed by atoms with Gasteiger partial charge >= 0.3 is 5.69 Å². The average molecular weight is 438 g/mol. The van der Waals surface area contributed by atoms with E-state index in [4.69, 9.17) is 4.74 Å². The molecule has 3 aromatic heterocycles. The van der Waals surface area contributed by atoms with Gasteiger partial charge in [-0.1, -0.05) is 6.07 Å². The molecule has 0 N–H and O–H groups in total. The highest BCUT2D eigenvalue weighted by Crippen LogP contribution is 2.32. The quantitative estimate of drug-likeness (QED) is 0.580. The fraction of sp³-hybridized carbons (Fsp3) is 0.500. The molecule has 10 nitrogen and oxygen atoms in total. The van der Waals surface area contributed by atoms with Gasteiger partial charge in [-0.15, -0.1) is 0 Å². The highest BCUT2D eigenvalue weighted by Gasteiger charge is 2.35. The molecule has 1 saturated carbocycles. The minimum Gasteiger partial charge on any atom is -0.461 e. The molecular formula is C22H26N6O4. The molecular weight excluding hydrogens is 412 g/mol. The lowest BCUT2D eigenvalue weighted by Crippen LogP contribution is -2.42. The number of hydrogen-bond acceptors (Lipinski definition) is 6. The Morgan fingerprint density at radius 3 is 2.53 bits per heavy atom. The number of aryl methyl sites for hydroxylation is 1. The molecule has 1 saturated heterocycles. The molecule has 5 rings (SSSR count). The third-order valence-corrected chi connectivity index (χ3v) is 6.33.